The van der Waals surface area contributed by atoms with E-state index in [1.54, 1.807) is 29.5 Å². The Balaban J connectivity index is 2.03. The highest BCUT2D eigenvalue weighted by atomic mass is 35.5. The molecule has 0 atom stereocenters. The smallest absolute Gasteiger partial charge is 0.141 e. The van der Waals surface area contributed by atoms with E-state index >= 15 is 0 Å². The van der Waals surface area contributed by atoms with Gasteiger partial charge in [-0.3, -0.25) is 4.79 Å². The molecule has 0 aliphatic rings. The second-order valence-electron chi connectivity index (χ2n) is 3.76. The Kier molecular flexibility index (Phi) is 4.21. The molecule has 2 rings (SSSR count). The Bertz CT molecular complexity index is 520. The van der Waals surface area contributed by atoms with Gasteiger partial charge in [-0.1, -0.05) is 29.3 Å². The van der Waals surface area contributed by atoms with E-state index in [9.17, 15) is 4.79 Å². The summed E-state index contributed by atoms with van der Waals surface area (Å²) >= 11 is 13.4. The summed E-state index contributed by atoms with van der Waals surface area (Å²) in [5.74, 6) is 0.160. The van der Waals surface area contributed by atoms with Gasteiger partial charge in [-0.05, 0) is 40.1 Å². The number of Topliss-reactive ketones (excluding diaryl/α,β-unsaturated/α-hetero) is 1. The van der Waals surface area contributed by atoms with Gasteiger partial charge in [0.15, 0.2) is 0 Å². The minimum Gasteiger partial charge on any atom is -0.299 e. The van der Waals surface area contributed by atoms with E-state index in [4.69, 9.17) is 23.2 Å². The van der Waals surface area contributed by atoms with Gasteiger partial charge >= 0.3 is 0 Å². The molecule has 0 unspecified atom stereocenters. The Morgan fingerprint density at radius 2 is 2.00 bits per heavy atom. The van der Waals surface area contributed by atoms with E-state index in [1.165, 1.54) is 0 Å². The van der Waals surface area contributed by atoms with Crippen molar-refractivity contribution >= 4 is 40.3 Å². The van der Waals surface area contributed by atoms with Crippen molar-refractivity contribution in [3.63, 3.8) is 0 Å². The molecule has 0 aliphatic carbocycles. The van der Waals surface area contributed by atoms with Crippen LogP contribution in [-0.4, -0.2) is 5.78 Å². The summed E-state index contributed by atoms with van der Waals surface area (Å²) < 4.78 is 0. The highest BCUT2D eigenvalue weighted by Crippen LogP contribution is 2.22. The summed E-state index contributed by atoms with van der Waals surface area (Å²) in [5, 5.41) is 5.10. The molecule has 1 heterocycles. The maximum absolute atomic E-state index is 11.8. The van der Waals surface area contributed by atoms with Crippen LogP contribution in [0.5, 0.6) is 0 Å². The van der Waals surface area contributed by atoms with Crippen LogP contribution in [0.3, 0.4) is 0 Å². The standard InChI is InChI=1S/C13H10Cl2OS/c14-11-2-1-10(13(15)7-11)6-12(16)5-9-3-4-17-8-9/h1-4,7-8H,5-6H2. The lowest BCUT2D eigenvalue weighted by Crippen LogP contribution is -2.06. The van der Waals surface area contributed by atoms with Crippen molar-refractivity contribution in [1.29, 1.82) is 0 Å². The maximum atomic E-state index is 11.8. The lowest BCUT2D eigenvalue weighted by Gasteiger charge is -2.03. The summed E-state index contributed by atoms with van der Waals surface area (Å²) in [4.78, 5) is 11.8. The number of halogens is 2. The third kappa shape index (κ3) is 3.56. The lowest BCUT2D eigenvalue weighted by atomic mass is 10.0. The summed E-state index contributed by atoms with van der Waals surface area (Å²) in [7, 11) is 0. The van der Waals surface area contributed by atoms with Crippen molar-refractivity contribution in [1.82, 2.24) is 0 Å². The molecule has 0 radical (unpaired) electrons. The van der Waals surface area contributed by atoms with E-state index in [2.05, 4.69) is 0 Å². The molecule has 0 saturated heterocycles. The number of carbonyl (C=O) groups excluding carboxylic acids is 1. The fraction of sp³-hybridized carbons (Fsp3) is 0.154. The number of benzene rings is 1. The molecule has 17 heavy (non-hydrogen) atoms. The highest BCUT2D eigenvalue weighted by Gasteiger charge is 2.08. The van der Waals surface area contributed by atoms with E-state index in [1.807, 2.05) is 16.8 Å². The van der Waals surface area contributed by atoms with Crippen molar-refractivity contribution in [2.45, 2.75) is 12.8 Å². The van der Waals surface area contributed by atoms with Gasteiger partial charge in [0.2, 0.25) is 0 Å². The Morgan fingerprint density at radius 1 is 1.18 bits per heavy atom. The SMILES string of the molecule is O=C(Cc1ccsc1)Cc1ccc(Cl)cc1Cl. The Morgan fingerprint density at radius 3 is 2.65 bits per heavy atom. The zero-order valence-electron chi connectivity index (χ0n) is 8.95. The molecule has 0 amide bonds. The zero-order chi connectivity index (χ0) is 12.3. The van der Waals surface area contributed by atoms with Gasteiger partial charge in [-0.2, -0.15) is 11.3 Å². The van der Waals surface area contributed by atoms with Crippen LogP contribution in [0, 0.1) is 0 Å². The fourth-order valence-corrected chi connectivity index (χ4v) is 2.70. The van der Waals surface area contributed by atoms with Gasteiger partial charge in [0, 0.05) is 22.9 Å². The molecule has 0 saturated carbocycles. The monoisotopic (exact) mass is 284 g/mol. The third-order valence-corrected chi connectivity index (χ3v) is 3.70. The molecule has 0 N–H and O–H groups in total. The molecule has 0 bridgehead atoms. The molecular weight excluding hydrogens is 275 g/mol. The predicted molar refractivity (Wildman–Crippen MR) is 73.2 cm³/mol. The zero-order valence-corrected chi connectivity index (χ0v) is 11.3. The average molecular weight is 285 g/mol. The van der Waals surface area contributed by atoms with Gasteiger partial charge in [-0.15, -0.1) is 0 Å². The number of carbonyl (C=O) groups is 1. The summed E-state index contributed by atoms with van der Waals surface area (Å²) in [5.41, 5.74) is 1.89. The van der Waals surface area contributed by atoms with Crippen molar-refractivity contribution < 1.29 is 4.79 Å². The van der Waals surface area contributed by atoms with E-state index in [-0.39, 0.29) is 5.78 Å². The van der Waals surface area contributed by atoms with Crippen LogP contribution >= 0.6 is 34.5 Å². The second kappa shape index (κ2) is 5.67. The predicted octanol–water partition coefficient (Wildman–Crippen LogP) is 4.41. The number of hydrogen-bond donors (Lipinski definition) is 0. The Hall–Kier alpha value is -0.830. The average Bonchev–Trinajstić information content (AvgIpc) is 2.75. The molecule has 88 valence electrons. The third-order valence-electron chi connectivity index (χ3n) is 2.38. The summed E-state index contributed by atoms with van der Waals surface area (Å²) in [6, 6.07) is 7.18. The van der Waals surface area contributed by atoms with Crippen LogP contribution in [0.25, 0.3) is 0 Å². The molecule has 1 nitrogen and oxygen atoms in total. The number of ketones is 1. The van der Waals surface area contributed by atoms with Gasteiger partial charge < -0.3 is 0 Å². The first-order chi connectivity index (χ1) is 8.15. The molecule has 0 spiro atoms. The quantitative estimate of drug-likeness (QED) is 0.813. The van der Waals surface area contributed by atoms with Crippen LogP contribution in [0.15, 0.2) is 35.0 Å². The van der Waals surface area contributed by atoms with E-state index in [0.717, 1.165) is 11.1 Å². The van der Waals surface area contributed by atoms with Crippen LogP contribution in [0.2, 0.25) is 10.0 Å². The topological polar surface area (TPSA) is 17.1 Å². The maximum Gasteiger partial charge on any atom is 0.141 e. The van der Waals surface area contributed by atoms with Gasteiger partial charge in [-0.25, -0.2) is 0 Å². The number of hydrogen-bond acceptors (Lipinski definition) is 2. The number of thiophene rings is 1. The first kappa shape index (κ1) is 12.6. The summed E-state index contributed by atoms with van der Waals surface area (Å²) in [6.07, 6.45) is 0.814. The van der Waals surface area contributed by atoms with Gasteiger partial charge in [0.1, 0.15) is 5.78 Å². The minimum atomic E-state index is 0.160. The lowest BCUT2D eigenvalue weighted by molar-refractivity contribution is -0.117. The molecule has 0 fully saturated rings. The fourth-order valence-electron chi connectivity index (χ4n) is 1.56. The molecule has 4 heteroatoms. The highest BCUT2D eigenvalue weighted by molar-refractivity contribution is 7.08. The molecule has 0 aliphatic heterocycles. The van der Waals surface area contributed by atoms with Crippen molar-refractivity contribution in [2.24, 2.45) is 0 Å². The molecule has 1 aromatic carbocycles. The van der Waals surface area contributed by atoms with Gasteiger partial charge in [0.25, 0.3) is 0 Å². The summed E-state index contributed by atoms with van der Waals surface area (Å²) in [6.45, 7) is 0. The largest absolute Gasteiger partial charge is 0.299 e. The van der Waals surface area contributed by atoms with Crippen molar-refractivity contribution in [3.05, 3.63) is 56.2 Å². The molecule has 1 aromatic heterocycles. The van der Waals surface area contributed by atoms with Crippen LogP contribution in [0.1, 0.15) is 11.1 Å². The minimum absolute atomic E-state index is 0.160. The van der Waals surface area contributed by atoms with Crippen molar-refractivity contribution in [3.8, 4) is 0 Å². The van der Waals surface area contributed by atoms with Crippen LogP contribution in [0.4, 0.5) is 0 Å². The first-order valence-electron chi connectivity index (χ1n) is 5.12. The Labute approximate surface area is 114 Å². The van der Waals surface area contributed by atoms with E-state index in [0.29, 0.717) is 22.9 Å². The second-order valence-corrected chi connectivity index (χ2v) is 5.38. The molecule has 2 aromatic rings. The van der Waals surface area contributed by atoms with Crippen LogP contribution in [-0.2, 0) is 17.6 Å². The van der Waals surface area contributed by atoms with Gasteiger partial charge in [0.05, 0.1) is 0 Å². The van der Waals surface area contributed by atoms with Crippen molar-refractivity contribution in [2.75, 3.05) is 0 Å². The van der Waals surface area contributed by atoms with Crippen LogP contribution < -0.4 is 0 Å². The molecular formula is C13H10Cl2OS. The normalized spacial score (nSPS) is 10.5. The number of rotatable bonds is 4. The van der Waals surface area contributed by atoms with E-state index < -0.39 is 0 Å². The first-order valence-corrected chi connectivity index (χ1v) is 6.82.